The number of benzene rings is 2. The number of anilines is 2. The van der Waals surface area contributed by atoms with Gasteiger partial charge in [-0.15, -0.1) is 0 Å². The van der Waals surface area contributed by atoms with E-state index in [1.54, 1.807) is 0 Å². The molecule has 1 heterocycles. The Labute approximate surface area is 173 Å². The molecule has 0 spiro atoms. The van der Waals surface area contributed by atoms with Crippen molar-refractivity contribution in [3.63, 3.8) is 0 Å². The summed E-state index contributed by atoms with van der Waals surface area (Å²) in [5.41, 5.74) is -8.33. The molecular formula is C15H12F3N3O8S2. The lowest BCUT2D eigenvalue weighted by molar-refractivity contribution is -0.384. The third kappa shape index (κ3) is 4.43. The molecule has 0 bridgehead atoms. The Morgan fingerprint density at radius 3 is 2.29 bits per heavy atom. The molecule has 0 radical (unpaired) electrons. The molecule has 2 aromatic rings. The summed E-state index contributed by atoms with van der Waals surface area (Å²) in [6, 6.07) is 5.28. The fourth-order valence-electron chi connectivity index (χ4n) is 2.53. The van der Waals surface area contributed by atoms with Gasteiger partial charge in [0, 0.05) is 12.1 Å². The van der Waals surface area contributed by atoms with Gasteiger partial charge in [-0.05, 0) is 30.7 Å². The lowest BCUT2D eigenvalue weighted by atomic mass is 10.2. The standard InChI is InChI=1S/C15H12F3N3O8S2/c1-8-4-10(6-11(21(22)23)14(8)20-31(26,27)15(16,17)18)30(24,25)19-9-2-3-12-13(5-9)29-7-28-12/h2-6,19-20H,7H2,1H3. The number of sulfonamides is 2. The summed E-state index contributed by atoms with van der Waals surface area (Å²) in [6.45, 7) is 0.951. The van der Waals surface area contributed by atoms with Crippen molar-refractivity contribution in [1.82, 2.24) is 0 Å². The fourth-order valence-corrected chi connectivity index (χ4v) is 4.34. The van der Waals surface area contributed by atoms with Crippen LogP contribution in [-0.4, -0.2) is 34.1 Å². The highest BCUT2D eigenvalue weighted by Crippen LogP contribution is 2.37. The van der Waals surface area contributed by atoms with E-state index < -0.39 is 52.3 Å². The molecule has 0 unspecified atom stereocenters. The van der Waals surface area contributed by atoms with Crippen LogP contribution < -0.4 is 18.9 Å². The highest BCUT2D eigenvalue weighted by molar-refractivity contribution is 7.93. The van der Waals surface area contributed by atoms with E-state index in [-0.39, 0.29) is 18.2 Å². The maximum absolute atomic E-state index is 12.7. The van der Waals surface area contributed by atoms with E-state index in [2.05, 4.69) is 4.72 Å². The largest absolute Gasteiger partial charge is 0.516 e. The first-order valence-electron chi connectivity index (χ1n) is 8.02. The first-order valence-corrected chi connectivity index (χ1v) is 11.0. The molecule has 0 amide bonds. The van der Waals surface area contributed by atoms with Crippen LogP contribution in [0.4, 0.5) is 30.2 Å². The molecule has 168 valence electrons. The van der Waals surface area contributed by atoms with Crippen molar-refractivity contribution in [3.8, 4) is 11.5 Å². The van der Waals surface area contributed by atoms with Gasteiger partial charge in [0.05, 0.1) is 15.5 Å². The summed E-state index contributed by atoms with van der Waals surface area (Å²) in [5, 5.41) is 11.3. The summed E-state index contributed by atoms with van der Waals surface area (Å²) in [5.74, 6) is 0.620. The number of halogens is 3. The van der Waals surface area contributed by atoms with Gasteiger partial charge in [-0.2, -0.15) is 21.6 Å². The van der Waals surface area contributed by atoms with Crippen LogP contribution in [0.25, 0.3) is 0 Å². The van der Waals surface area contributed by atoms with Gasteiger partial charge >= 0.3 is 15.5 Å². The van der Waals surface area contributed by atoms with Crippen LogP contribution in [0.15, 0.2) is 35.2 Å². The Morgan fingerprint density at radius 2 is 1.68 bits per heavy atom. The van der Waals surface area contributed by atoms with Gasteiger partial charge in [-0.25, -0.2) is 8.42 Å². The molecule has 0 aromatic heterocycles. The Bertz CT molecular complexity index is 1280. The van der Waals surface area contributed by atoms with Crippen molar-refractivity contribution in [2.75, 3.05) is 16.2 Å². The molecule has 0 saturated heterocycles. The van der Waals surface area contributed by atoms with Crippen LogP contribution in [-0.2, 0) is 20.0 Å². The van der Waals surface area contributed by atoms with Gasteiger partial charge in [-0.3, -0.25) is 19.6 Å². The lowest BCUT2D eigenvalue weighted by Gasteiger charge is -2.15. The highest BCUT2D eigenvalue weighted by atomic mass is 32.2. The topological polar surface area (TPSA) is 154 Å². The third-order valence-corrected chi connectivity index (χ3v) is 6.40. The zero-order valence-electron chi connectivity index (χ0n) is 15.3. The molecule has 2 aromatic carbocycles. The number of fused-ring (bicyclic) bond motifs is 1. The summed E-state index contributed by atoms with van der Waals surface area (Å²) >= 11 is 0. The smallest absolute Gasteiger partial charge is 0.454 e. The maximum Gasteiger partial charge on any atom is 0.516 e. The van der Waals surface area contributed by atoms with Crippen molar-refractivity contribution in [2.45, 2.75) is 17.3 Å². The zero-order valence-corrected chi connectivity index (χ0v) is 16.9. The van der Waals surface area contributed by atoms with Crippen molar-refractivity contribution in [1.29, 1.82) is 0 Å². The molecule has 0 saturated carbocycles. The Balaban J connectivity index is 2.01. The van der Waals surface area contributed by atoms with Gasteiger partial charge in [0.1, 0.15) is 5.69 Å². The Morgan fingerprint density at radius 1 is 1.03 bits per heavy atom. The van der Waals surface area contributed by atoms with Crippen LogP contribution in [0.1, 0.15) is 5.56 Å². The number of nitrogens with one attached hydrogen (secondary N) is 2. The maximum atomic E-state index is 12.7. The number of nitro benzene ring substituents is 1. The minimum Gasteiger partial charge on any atom is -0.454 e. The first-order chi connectivity index (χ1) is 14.2. The predicted molar refractivity (Wildman–Crippen MR) is 99.8 cm³/mol. The predicted octanol–water partition coefficient (Wildman–Crippen LogP) is 2.69. The van der Waals surface area contributed by atoms with E-state index >= 15 is 0 Å². The van der Waals surface area contributed by atoms with Crippen molar-refractivity contribution in [2.24, 2.45) is 0 Å². The molecule has 1 aliphatic rings. The number of nitro groups is 1. The van der Waals surface area contributed by atoms with Gasteiger partial charge in [0.15, 0.2) is 11.5 Å². The number of rotatable bonds is 6. The molecule has 16 heteroatoms. The number of aryl methyl sites for hydroxylation is 1. The van der Waals surface area contributed by atoms with Crippen LogP contribution >= 0.6 is 0 Å². The van der Waals surface area contributed by atoms with Crippen LogP contribution in [0.2, 0.25) is 0 Å². The Kier molecular flexibility index (Phi) is 5.39. The van der Waals surface area contributed by atoms with Gasteiger partial charge < -0.3 is 9.47 Å². The van der Waals surface area contributed by atoms with Crippen LogP contribution in [0.3, 0.4) is 0 Å². The summed E-state index contributed by atoms with van der Waals surface area (Å²) in [6.07, 6.45) is 0. The molecule has 2 N–H and O–H groups in total. The first kappa shape index (κ1) is 22.4. The van der Waals surface area contributed by atoms with Gasteiger partial charge in [-0.1, -0.05) is 0 Å². The van der Waals surface area contributed by atoms with E-state index in [1.165, 1.54) is 18.2 Å². The molecule has 11 nitrogen and oxygen atoms in total. The quantitative estimate of drug-likeness (QED) is 0.470. The normalized spacial score (nSPS) is 13.7. The van der Waals surface area contributed by atoms with Crippen LogP contribution in [0, 0.1) is 17.0 Å². The zero-order chi connectivity index (χ0) is 23.2. The number of hydrogen-bond acceptors (Lipinski definition) is 8. The van der Waals surface area contributed by atoms with Gasteiger partial charge in [0.25, 0.3) is 15.7 Å². The van der Waals surface area contributed by atoms with E-state index in [1.807, 2.05) is 0 Å². The minimum absolute atomic E-state index is 0.0198. The summed E-state index contributed by atoms with van der Waals surface area (Å²) in [4.78, 5) is 9.43. The average molecular weight is 483 g/mol. The van der Waals surface area contributed by atoms with Crippen LogP contribution in [0.5, 0.6) is 11.5 Å². The third-order valence-electron chi connectivity index (χ3n) is 3.96. The number of ether oxygens (including phenoxy) is 2. The second-order valence-corrected chi connectivity index (χ2v) is 9.47. The molecule has 0 fully saturated rings. The summed E-state index contributed by atoms with van der Waals surface area (Å²) < 4.78 is 99.4. The fraction of sp³-hybridized carbons (Fsp3) is 0.200. The summed E-state index contributed by atoms with van der Waals surface area (Å²) in [7, 11) is -10.4. The van der Waals surface area contributed by atoms with Crippen molar-refractivity contribution in [3.05, 3.63) is 46.0 Å². The number of alkyl halides is 3. The van der Waals surface area contributed by atoms with Gasteiger partial charge in [0.2, 0.25) is 6.79 Å². The SMILES string of the molecule is Cc1cc(S(=O)(=O)Nc2ccc3c(c2)OCO3)cc([N+](=O)[O-])c1NS(=O)(=O)C(F)(F)F. The second-order valence-electron chi connectivity index (χ2n) is 6.12. The highest BCUT2D eigenvalue weighted by Gasteiger charge is 2.47. The minimum atomic E-state index is -5.98. The molecule has 3 rings (SSSR count). The average Bonchev–Trinajstić information content (AvgIpc) is 3.09. The number of hydrogen-bond donors (Lipinski definition) is 2. The van der Waals surface area contributed by atoms with E-state index in [4.69, 9.17) is 9.47 Å². The lowest BCUT2D eigenvalue weighted by Crippen LogP contribution is -2.30. The van der Waals surface area contributed by atoms with Crippen molar-refractivity contribution < 1.29 is 44.4 Å². The monoisotopic (exact) mass is 483 g/mol. The van der Waals surface area contributed by atoms with E-state index in [9.17, 15) is 40.1 Å². The van der Waals surface area contributed by atoms with E-state index in [0.717, 1.165) is 17.7 Å². The van der Waals surface area contributed by atoms with E-state index in [0.29, 0.717) is 11.8 Å². The molecular weight excluding hydrogens is 471 g/mol. The second kappa shape index (κ2) is 7.45. The molecule has 1 aliphatic heterocycles. The van der Waals surface area contributed by atoms with Crippen molar-refractivity contribution >= 4 is 37.1 Å². The Hall–Kier alpha value is -3.27. The molecule has 0 aliphatic carbocycles. The number of nitrogens with zero attached hydrogens (tertiary/aromatic N) is 1. The molecule has 31 heavy (non-hydrogen) atoms. The molecule has 0 atom stereocenters.